The van der Waals surface area contributed by atoms with Gasteiger partial charge in [-0.05, 0) is 38.0 Å². The number of methoxy groups -OCH3 is 1. The first kappa shape index (κ1) is 12.7. The van der Waals surface area contributed by atoms with Crippen molar-refractivity contribution in [3.05, 3.63) is 42.1 Å². The Balaban J connectivity index is 2.07. The van der Waals surface area contributed by atoms with E-state index in [1.54, 1.807) is 12.4 Å². The number of aryl methyl sites for hydroxylation is 1. The molecular weight excluding hydrogens is 254 g/mol. The molecule has 0 radical (unpaired) electrons. The number of hydrogen-bond acceptors (Lipinski definition) is 5. The zero-order valence-electron chi connectivity index (χ0n) is 11.5. The van der Waals surface area contributed by atoms with Crippen molar-refractivity contribution in [3.8, 4) is 11.3 Å². The van der Waals surface area contributed by atoms with Crippen LogP contribution in [0.3, 0.4) is 0 Å². The van der Waals surface area contributed by atoms with Crippen LogP contribution in [0, 0.1) is 6.92 Å². The molecule has 0 N–H and O–H groups in total. The third kappa shape index (κ3) is 2.05. The molecule has 0 bridgehead atoms. The predicted octanol–water partition coefficient (Wildman–Crippen LogP) is 2.05. The second-order valence-electron chi connectivity index (χ2n) is 5.03. The van der Waals surface area contributed by atoms with Crippen LogP contribution in [0.25, 0.3) is 11.3 Å². The third-order valence-electron chi connectivity index (χ3n) is 3.58. The fourth-order valence-corrected chi connectivity index (χ4v) is 2.29. The quantitative estimate of drug-likeness (QED) is 0.798. The first-order valence-corrected chi connectivity index (χ1v) is 6.51. The molecule has 20 heavy (non-hydrogen) atoms. The van der Waals surface area contributed by atoms with Crippen LogP contribution in [0.1, 0.15) is 24.4 Å². The zero-order valence-corrected chi connectivity index (χ0v) is 11.5. The summed E-state index contributed by atoms with van der Waals surface area (Å²) in [6.07, 6.45) is 4.94. The number of esters is 1. The fourth-order valence-electron chi connectivity index (χ4n) is 2.29. The molecule has 2 aromatic heterocycles. The topological polar surface area (TPSA) is 65.0 Å². The Kier molecular flexibility index (Phi) is 2.97. The van der Waals surface area contributed by atoms with Crippen molar-refractivity contribution in [2.75, 3.05) is 7.11 Å². The molecule has 0 aromatic carbocycles. The number of carbonyl (C=O) groups excluding carboxylic acids is 1. The van der Waals surface area contributed by atoms with Crippen molar-refractivity contribution < 1.29 is 9.53 Å². The molecule has 0 aliphatic heterocycles. The van der Waals surface area contributed by atoms with E-state index in [4.69, 9.17) is 4.74 Å². The highest BCUT2D eigenvalue weighted by Gasteiger charge is 2.55. The minimum atomic E-state index is -0.636. The smallest absolute Gasteiger partial charge is 0.319 e. The highest BCUT2D eigenvalue weighted by molar-refractivity contribution is 5.85. The maximum atomic E-state index is 11.9. The Bertz CT molecular complexity index is 651. The van der Waals surface area contributed by atoms with Gasteiger partial charge < -0.3 is 4.74 Å². The van der Waals surface area contributed by atoms with Crippen molar-refractivity contribution in [2.45, 2.75) is 25.2 Å². The van der Waals surface area contributed by atoms with E-state index in [9.17, 15) is 4.79 Å². The number of aromatic nitrogens is 3. The molecule has 2 aromatic rings. The molecule has 0 amide bonds. The molecule has 0 unspecified atom stereocenters. The lowest BCUT2D eigenvalue weighted by Gasteiger charge is -2.13. The van der Waals surface area contributed by atoms with Gasteiger partial charge in [-0.15, -0.1) is 0 Å². The van der Waals surface area contributed by atoms with E-state index in [2.05, 4.69) is 15.0 Å². The van der Waals surface area contributed by atoms with E-state index in [-0.39, 0.29) is 5.97 Å². The minimum absolute atomic E-state index is 0.247. The van der Waals surface area contributed by atoms with Crippen LogP contribution < -0.4 is 0 Å². The Hall–Kier alpha value is -2.30. The molecule has 1 aliphatic rings. The largest absolute Gasteiger partial charge is 0.468 e. The molecular formula is C15H15N3O2. The lowest BCUT2D eigenvalue weighted by Crippen LogP contribution is -2.25. The van der Waals surface area contributed by atoms with Crippen molar-refractivity contribution in [2.24, 2.45) is 0 Å². The van der Waals surface area contributed by atoms with Gasteiger partial charge in [-0.3, -0.25) is 9.78 Å². The summed E-state index contributed by atoms with van der Waals surface area (Å²) >= 11 is 0. The minimum Gasteiger partial charge on any atom is -0.468 e. The third-order valence-corrected chi connectivity index (χ3v) is 3.58. The molecule has 1 aliphatic carbocycles. The van der Waals surface area contributed by atoms with Gasteiger partial charge >= 0.3 is 5.97 Å². The SMILES string of the molecule is COC(=O)C1(c2nc(C)cc(-c3ccncc3)n2)CC1. The van der Waals surface area contributed by atoms with Crippen LogP contribution in [0.4, 0.5) is 0 Å². The Morgan fingerprint density at radius 2 is 1.95 bits per heavy atom. The number of rotatable bonds is 3. The van der Waals surface area contributed by atoms with Crippen molar-refractivity contribution in [1.82, 2.24) is 15.0 Å². The first-order chi connectivity index (χ1) is 9.65. The average molecular weight is 269 g/mol. The maximum absolute atomic E-state index is 11.9. The summed E-state index contributed by atoms with van der Waals surface area (Å²) in [4.78, 5) is 24.9. The summed E-state index contributed by atoms with van der Waals surface area (Å²) in [5.41, 5.74) is 1.98. The highest BCUT2D eigenvalue weighted by atomic mass is 16.5. The van der Waals surface area contributed by atoms with E-state index < -0.39 is 5.41 Å². The molecule has 1 saturated carbocycles. The molecule has 3 rings (SSSR count). The van der Waals surface area contributed by atoms with Gasteiger partial charge in [0.1, 0.15) is 11.2 Å². The van der Waals surface area contributed by atoms with E-state index in [1.807, 2.05) is 25.1 Å². The summed E-state index contributed by atoms with van der Waals surface area (Å²) in [5, 5.41) is 0. The molecule has 0 spiro atoms. The van der Waals surface area contributed by atoms with Gasteiger partial charge in [0.25, 0.3) is 0 Å². The summed E-state index contributed by atoms with van der Waals surface area (Å²) in [6, 6.07) is 5.69. The number of nitrogens with zero attached hydrogens (tertiary/aromatic N) is 3. The van der Waals surface area contributed by atoms with Gasteiger partial charge in [0.15, 0.2) is 0 Å². The predicted molar refractivity (Wildman–Crippen MR) is 72.9 cm³/mol. The van der Waals surface area contributed by atoms with E-state index in [1.165, 1.54) is 7.11 Å². The summed E-state index contributed by atoms with van der Waals surface area (Å²) in [5.74, 6) is 0.319. The van der Waals surface area contributed by atoms with Gasteiger partial charge in [0, 0.05) is 23.7 Å². The molecule has 102 valence electrons. The van der Waals surface area contributed by atoms with Crippen LogP contribution >= 0.6 is 0 Å². The van der Waals surface area contributed by atoms with Gasteiger partial charge in [0.2, 0.25) is 0 Å². The van der Waals surface area contributed by atoms with Crippen LogP contribution in [-0.2, 0) is 14.9 Å². The van der Waals surface area contributed by atoms with Crippen molar-refractivity contribution in [3.63, 3.8) is 0 Å². The van der Waals surface area contributed by atoms with Gasteiger partial charge in [-0.25, -0.2) is 9.97 Å². The Morgan fingerprint density at radius 1 is 1.25 bits per heavy atom. The molecule has 0 saturated heterocycles. The maximum Gasteiger partial charge on any atom is 0.319 e. The monoisotopic (exact) mass is 269 g/mol. The fraction of sp³-hybridized carbons (Fsp3) is 0.333. The summed E-state index contributed by atoms with van der Waals surface area (Å²) in [6.45, 7) is 1.91. The number of ether oxygens (including phenoxy) is 1. The van der Waals surface area contributed by atoms with E-state index in [0.717, 1.165) is 29.8 Å². The van der Waals surface area contributed by atoms with Gasteiger partial charge in [0.05, 0.1) is 12.8 Å². The number of hydrogen-bond donors (Lipinski definition) is 0. The lowest BCUT2D eigenvalue weighted by atomic mass is 10.1. The van der Waals surface area contributed by atoms with Crippen molar-refractivity contribution >= 4 is 5.97 Å². The average Bonchev–Trinajstić information content (AvgIpc) is 3.28. The van der Waals surface area contributed by atoms with Gasteiger partial charge in [-0.1, -0.05) is 0 Å². The molecule has 5 nitrogen and oxygen atoms in total. The second-order valence-corrected chi connectivity index (χ2v) is 5.03. The molecule has 0 atom stereocenters. The normalized spacial score (nSPS) is 15.7. The zero-order chi connectivity index (χ0) is 14.2. The van der Waals surface area contributed by atoms with E-state index in [0.29, 0.717) is 5.82 Å². The van der Waals surface area contributed by atoms with Crippen LogP contribution in [0.2, 0.25) is 0 Å². The Morgan fingerprint density at radius 3 is 2.55 bits per heavy atom. The summed E-state index contributed by atoms with van der Waals surface area (Å²) < 4.78 is 4.89. The standard InChI is InChI=1S/C15H15N3O2/c1-10-9-12(11-3-7-16-8-4-11)18-13(17-10)15(5-6-15)14(19)20-2/h3-4,7-9H,5-6H2,1-2H3. The van der Waals surface area contributed by atoms with Crippen molar-refractivity contribution in [1.29, 1.82) is 0 Å². The van der Waals surface area contributed by atoms with Crippen LogP contribution in [0.15, 0.2) is 30.6 Å². The van der Waals surface area contributed by atoms with Crippen LogP contribution in [0.5, 0.6) is 0 Å². The molecule has 2 heterocycles. The van der Waals surface area contributed by atoms with Gasteiger partial charge in [-0.2, -0.15) is 0 Å². The second kappa shape index (κ2) is 4.67. The first-order valence-electron chi connectivity index (χ1n) is 6.51. The van der Waals surface area contributed by atoms with Crippen LogP contribution in [-0.4, -0.2) is 28.0 Å². The molecule has 5 heteroatoms. The lowest BCUT2D eigenvalue weighted by molar-refractivity contribution is -0.143. The highest BCUT2D eigenvalue weighted by Crippen LogP contribution is 2.47. The number of pyridine rings is 1. The molecule has 1 fully saturated rings. The van der Waals surface area contributed by atoms with E-state index >= 15 is 0 Å². The summed E-state index contributed by atoms with van der Waals surface area (Å²) in [7, 11) is 1.40. The Labute approximate surface area is 117 Å². The number of carbonyl (C=O) groups is 1.